The summed E-state index contributed by atoms with van der Waals surface area (Å²) >= 11 is 0. The molecular formula is C26H28N4O3. The van der Waals surface area contributed by atoms with Gasteiger partial charge >= 0.3 is 0 Å². The van der Waals surface area contributed by atoms with E-state index in [9.17, 15) is 14.4 Å². The average molecular weight is 445 g/mol. The number of hydrogen-bond acceptors (Lipinski definition) is 3. The molecule has 0 bridgehead atoms. The molecule has 3 aromatic rings. The van der Waals surface area contributed by atoms with E-state index in [0.717, 1.165) is 28.2 Å². The van der Waals surface area contributed by atoms with Crippen molar-refractivity contribution < 1.29 is 14.4 Å². The zero-order valence-electron chi connectivity index (χ0n) is 19.3. The van der Waals surface area contributed by atoms with E-state index < -0.39 is 5.92 Å². The number of aryl methyl sites for hydroxylation is 3. The third-order valence-corrected chi connectivity index (χ3v) is 6.24. The number of benzene rings is 2. The fraction of sp³-hybridized carbons (Fsp3) is 0.269. The molecule has 0 radical (unpaired) electrons. The smallest absolute Gasteiger partial charge is 0.270 e. The number of aromatic nitrogens is 1. The summed E-state index contributed by atoms with van der Waals surface area (Å²) in [4.78, 5) is 40.0. The third kappa shape index (κ3) is 4.53. The van der Waals surface area contributed by atoms with Gasteiger partial charge in [-0.2, -0.15) is 0 Å². The first-order chi connectivity index (χ1) is 15.7. The lowest BCUT2D eigenvalue weighted by Gasteiger charge is -2.20. The Bertz CT molecular complexity index is 1220. The van der Waals surface area contributed by atoms with Crippen LogP contribution in [-0.2, 0) is 9.59 Å². The number of amides is 3. The van der Waals surface area contributed by atoms with Gasteiger partial charge in [-0.25, -0.2) is 0 Å². The molecule has 2 heterocycles. The summed E-state index contributed by atoms with van der Waals surface area (Å²) in [5.74, 6) is -1.02. The van der Waals surface area contributed by atoms with Crippen molar-refractivity contribution in [2.45, 2.75) is 34.1 Å². The van der Waals surface area contributed by atoms with Crippen LogP contribution in [0.15, 0.2) is 54.6 Å². The Balaban J connectivity index is 1.44. The van der Waals surface area contributed by atoms with E-state index in [1.54, 1.807) is 33.8 Å². The van der Waals surface area contributed by atoms with Crippen molar-refractivity contribution in [3.05, 3.63) is 82.7 Å². The molecule has 3 amide bonds. The van der Waals surface area contributed by atoms with E-state index in [2.05, 4.69) is 10.7 Å². The molecule has 1 saturated heterocycles. The number of carbonyl (C=O) groups excluding carboxylic acids is 3. The minimum absolute atomic E-state index is 0.0607. The Labute approximate surface area is 193 Å². The molecule has 7 nitrogen and oxygen atoms in total. The monoisotopic (exact) mass is 444 g/mol. The molecule has 0 unspecified atom stereocenters. The van der Waals surface area contributed by atoms with E-state index in [0.29, 0.717) is 17.8 Å². The van der Waals surface area contributed by atoms with E-state index in [-0.39, 0.29) is 24.1 Å². The van der Waals surface area contributed by atoms with Gasteiger partial charge in [-0.05, 0) is 75.2 Å². The lowest BCUT2D eigenvalue weighted by atomic mass is 10.1. The standard InChI is InChI=1S/C26H28N4O3/c1-16-7-5-10-23(19(16)4)29-15-21(14-24(29)31)25(32)27-22-9-6-8-20(13-22)26(33)28-30-17(2)11-12-18(30)3/h5-13,21H,14-15H2,1-4H3,(H,27,32)(H,28,33)/t21-/m0/s1. The first-order valence-corrected chi connectivity index (χ1v) is 11.0. The van der Waals surface area contributed by atoms with Crippen molar-refractivity contribution in [3.63, 3.8) is 0 Å². The Morgan fingerprint density at radius 2 is 1.64 bits per heavy atom. The highest BCUT2D eigenvalue weighted by Crippen LogP contribution is 2.30. The van der Waals surface area contributed by atoms with Gasteiger partial charge in [0.25, 0.3) is 5.91 Å². The normalized spacial score (nSPS) is 15.6. The quantitative estimate of drug-likeness (QED) is 0.622. The maximum Gasteiger partial charge on any atom is 0.270 e. The predicted octanol–water partition coefficient (Wildman–Crippen LogP) is 4.10. The number of carbonyl (C=O) groups is 3. The Morgan fingerprint density at radius 1 is 0.939 bits per heavy atom. The molecule has 0 saturated carbocycles. The molecule has 1 aromatic heterocycles. The van der Waals surface area contributed by atoms with E-state index in [1.807, 2.05) is 58.0 Å². The lowest BCUT2D eigenvalue weighted by Crippen LogP contribution is -2.29. The average Bonchev–Trinajstić information content (AvgIpc) is 3.33. The number of hydrogen-bond donors (Lipinski definition) is 2. The molecular weight excluding hydrogens is 416 g/mol. The van der Waals surface area contributed by atoms with Gasteiger partial charge < -0.3 is 10.2 Å². The summed E-state index contributed by atoms with van der Waals surface area (Å²) in [6.45, 7) is 8.15. The second kappa shape index (κ2) is 8.94. The van der Waals surface area contributed by atoms with Crippen molar-refractivity contribution in [2.24, 2.45) is 5.92 Å². The molecule has 2 aromatic carbocycles. The molecule has 1 aliphatic rings. The molecule has 170 valence electrons. The van der Waals surface area contributed by atoms with Crippen LogP contribution < -0.4 is 15.6 Å². The highest BCUT2D eigenvalue weighted by molar-refractivity contribution is 6.05. The van der Waals surface area contributed by atoms with Crippen LogP contribution in [0.2, 0.25) is 0 Å². The molecule has 7 heteroatoms. The highest BCUT2D eigenvalue weighted by atomic mass is 16.2. The van der Waals surface area contributed by atoms with E-state index in [4.69, 9.17) is 0 Å². The SMILES string of the molecule is Cc1cccc(N2C[C@@H](C(=O)Nc3cccc(C(=O)Nn4c(C)ccc4C)c3)CC2=O)c1C. The number of rotatable bonds is 5. The Hall–Kier alpha value is -3.87. The lowest BCUT2D eigenvalue weighted by molar-refractivity contribution is -0.122. The molecule has 2 N–H and O–H groups in total. The fourth-order valence-electron chi connectivity index (χ4n) is 4.14. The van der Waals surface area contributed by atoms with Gasteiger partial charge in [0.1, 0.15) is 0 Å². The van der Waals surface area contributed by atoms with Gasteiger partial charge in [0.15, 0.2) is 0 Å². The minimum atomic E-state index is -0.458. The van der Waals surface area contributed by atoms with Crippen LogP contribution in [0.4, 0.5) is 11.4 Å². The van der Waals surface area contributed by atoms with Crippen LogP contribution in [0.25, 0.3) is 0 Å². The first-order valence-electron chi connectivity index (χ1n) is 11.0. The van der Waals surface area contributed by atoms with Crippen molar-refractivity contribution >= 4 is 29.1 Å². The predicted molar refractivity (Wildman–Crippen MR) is 129 cm³/mol. The van der Waals surface area contributed by atoms with Crippen LogP contribution in [0.1, 0.15) is 39.3 Å². The zero-order valence-corrected chi connectivity index (χ0v) is 19.3. The van der Waals surface area contributed by atoms with E-state index in [1.165, 1.54) is 0 Å². The van der Waals surface area contributed by atoms with Gasteiger partial charge in [-0.1, -0.05) is 18.2 Å². The zero-order chi connectivity index (χ0) is 23.7. The topological polar surface area (TPSA) is 83.4 Å². The third-order valence-electron chi connectivity index (χ3n) is 6.24. The maximum atomic E-state index is 12.9. The van der Waals surface area contributed by atoms with Crippen LogP contribution in [0, 0.1) is 33.6 Å². The molecule has 33 heavy (non-hydrogen) atoms. The van der Waals surface area contributed by atoms with Crippen LogP contribution in [-0.4, -0.2) is 28.9 Å². The minimum Gasteiger partial charge on any atom is -0.326 e. The summed E-state index contributed by atoms with van der Waals surface area (Å²) in [6.07, 6.45) is 0.158. The van der Waals surface area contributed by atoms with Crippen molar-refractivity contribution in [1.29, 1.82) is 0 Å². The van der Waals surface area contributed by atoms with Gasteiger partial charge in [0.05, 0.1) is 5.92 Å². The summed E-state index contributed by atoms with van der Waals surface area (Å²) in [7, 11) is 0. The summed E-state index contributed by atoms with van der Waals surface area (Å²) < 4.78 is 1.72. The second-order valence-corrected chi connectivity index (χ2v) is 8.59. The van der Waals surface area contributed by atoms with Crippen molar-refractivity contribution in [1.82, 2.24) is 4.68 Å². The molecule has 4 rings (SSSR count). The highest BCUT2D eigenvalue weighted by Gasteiger charge is 2.35. The van der Waals surface area contributed by atoms with Gasteiger partial charge in [-0.15, -0.1) is 0 Å². The Kier molecular flexibility index (Phi) is 6.05. The fourth-order valence-corrected chi connectivity index (χ4v) is 4.14. The Morgan fingerprint density at radius 3 is 2.36 bits per heavy atom. The van der Waals surface area contributed by atoms with Crippen molar-refractivity contribution in [3.8, 4) is 0 Å². The van der Waals surface area contributed by atoms with Crippen LogP contribution in [0.5, 0.6) is 0 Å². The maximum absolute atomic E-state index is 12.9. The van der Waals surface area contributed by atoms with E-state index >= 15 is 0 Å². The van der Waals surface area contributed by atoms with Crippen molar-refractivity contribution in [2.75, 3.05) is 22.2 Å². The number of nitrogens with zero attached hydrogens (tertiary/aromatic N) is 2. The summed E-state index contributed by atoms with van der Waals surface area (Å²) in [6, 6.07) is 16.5. The molecule has 1 atom stereocenters. The summed E-state index contributed by atoms with van der Waals surface area (Å²) in [5.41, 5.74) is 8.65. The van der Waals surface area contributed by atoms with Crippen LogP contribution in [0.3, 0.4) is 0 Å². The molecule has 1 fully saturated rings. The first kappa shape index (κ1) is 22.3. The second-order valence-electron chi connectivity index (χ2n) is 8.59. The van der Waals surface area contributed by atoms with Gasteiger partial charge in [0.2, 0.25) is 11.8 Å². The number of anilines is 2. The largest absolute Gasteiger partial charge is 0.326 e. The van der Waals surface area contributed by atoms with Gasteiger partial charge in [0, 0.05) is 41.3 Å². The summed E-state index contributed by atoms with van der Waals surface area (Å²) in [5, 5.41) is 2.87. The number of nitrogens with one attached hydrogen (secondary N) is 2. The molecule has 0 spiro atoms. The van der Waals surface area contributed by atoms with Crippen LogP contribution >= 0.6 is 0 Å². The molecule has 1 aliphatic heterocycles. The van der Waals surface area contributed by atoms with Gasteiger partial charge in [-0.3, -0.25) is 24.5 Å². The molecule has 0 aliphatic carbocycles.